The number of rotatable bonds is 7. The highest BCUT2D eigenvalue weighted by atomic mass is 32.2. The van der Waals surface area contributed by atoms with Crippen molar-refractivity contribution in [3.8, 4) is 5.75 Å². The van der Waals surface area contributed by atoms with Crippen molar-refractivity contribution >= 4 is 56.8 Å². The fraction of sp³-hybridized carbons (Fsp3) is 0.273. The smallest absolute Gasteiger partial charge is 0.338 e. The largest absolute Gasteiger partial charge is 0.494 e. The number of carbonyl (C=O) groups is 3. The minimum atomic E-state index is -0.538. The van der Waals surface area contributed by atoms with E-state index in [1.807, 2.05) is 25.1 Å². The van der Waals surface area contributed by atoms with Crippen LogP contribution in [0.4, 0.5) is 5.69 Å². The lowest BCUT2D eigenvalue weighted by atomic mass is 10.2. The Morgan fingerprint density at radius 3 is 2.65 bits per heavy atom. The molecule has 0 N–H and O–H groups in total. The number of nitrogens with zero attached hydrogens (tertiary/aromatic N) is 2. The Morgan fingerprint density at radius 1 is 1.16 bits per heavy atom. The van der Waals surface area contributed by atoms with Gasteiger partial charge in [-0.2, -0.15) is 0 Å². The van der Waals surface area contributed by atoms with E-state index < -0.39 is 11.2 Å². The van der Waals surface area contributed by atoms with Crippen molar-refractivity contribution in [2.45, 2.75) is 29.9 Å². The highest BCUT2D eigenvalue weighted by molar-refractivity contribution is 8.02. The first-order valence-corrected chi connectivity index (χ1v) is 11.5. The summed E-state index contributed by atoms with van der Waals surface area (Å²) in [7, 11) is 0. The topological polar surface area (TPSA) is 85.8 Å². The molecule has 1 fully saturated rings. The predicted octanol–water partition coefficient (Wildman–Crippen LogP) is 4.30. The second kappa shape index (κ2) is 9.07. The molecule has 2 heterocycles. The average Bonchev–Trinajstić information content (AvgIpc) is 3.28. The number of carbonyl (C=O) groups excluding carboxylic acids is 3. The maximum atomic E-state index is 12.9. The van der Waals surface area contributed by atoms with Crippen molar-refractivity contribution in [2.75, 3.05) is 18.1 Å². The number of amides is 2. The molecular formula is C22H20N2O5S2. The molecule has 1 aliphatic heterocycles. The van der Waals surface area contributed by atoms with Gasteiger partial charge < -0.3 is 9.47 Å². The van der Waals surface area contributed by atoms with Gasteiger partial charge in [-0.1, -0.05) is 11.8 Å². The number of hydrogen-bond donors (Lipinski definition) is 0. The number of aromatic nitrogens is 1. The third-order valence-electron chi connectivity index (χ3n) is 4.64. The number of benzene rings is 2. The van der Waals surface area contributed by atoms with Crippen LogP contribution in [0.2, 0.25) is 0 Å². The van der Waals surface area contributed by atoms with Crippen LogP contribution in [-0.2, 0) is 14.3 Å². The number of thiazole rings is 1. The fourth-order valence-electron chi connectivity index (χ4n) is 3.24. The van der Waals surface area contributed by atoms with E-state index in [2.05, 4.69) is 4.98 Å². The maximum absolute atomic E-state index is 12.9. The van der Waals surface area contributed by atoms with Crippen molar-refractivity contribution in [1.29, 1.82) is 0 Å². The van der Waals surface area contributed by atoms with Crippen molar-refractivity contribution < 1.29 is 23.9 Å². The quantitative estimate of drug-likeness (QED) is 0.387. The van der Waals surface area contributed by atoms with Crippen LogP contribution < -0.4 is 9.64 Å². The molecule has 7 nitrogen and oxygen atoms in total. The molecule has 0 radical (unpaired) electrons. The normalized spacial score (nSPS) is 16.2. The monoisotopic (exact) mass is 456 g/mol. The molecular weight excluding hydrogens is 436 g/mol. The van der Waals surface area contributed by atoms with E-state index in [-0.39, 0.29) is 24.8 Å². The van der Waals surface area contributed by atoms with Gasteiger partial charge in [0.1, 0.15) is 11.0 Å². The number of imide groups is 1. The molecule has 2 aromatic carbocycles. The molecule has 160 valence electrons. The third kappa shape index (κ3) is 4.42. The van der Waals surface area contributed by atoms with E-state index in [9.17, 15) is 14.4 Å². The number of esters is 1. The molecule has 0 unspecified atom stereocenters. The summed E-state index contributed by atoms with van der Waals surface area (Å²) in [6.45, 7) is 4.52. The highest BCUT2D eigenvalue weighted by Gasteiger charge is 2.40. The molecule has 0 spiro atoms. The molecule has 2 amide bonds. The van der Waals surface area contributed by atoms with E-state index in [0.29, 0.717) is 17.9 Å². The van der Waals surface area contributed by atoms with Crippen LogP contribution >= 0.6 is 23.1 Å². The third-order valence-corrected chi connectivity index (χ3v) is 6.93. The molecule has 0 aliphatic carbocycles. The summed E-state index contributed by atoms with van der Waals surface area (Å²) in [4.78, 5) is 43.1. The second-order valence-corrected chi connectivity index (χ2v) is 9.17. The predicted molar refractivity (Wildman–Crippen MR) is 120 cm³/mol. The van der Waals surface area contributed by atoms with Crippen LogP contribution in [-0.4, -0.2) is 41.2 Å². The zero-order chi connectivity index (χ0) is 22.0. The van der Waals surface area contributed by atoms with Crippen LogP contribution in [0.25, 0.3) is 10.2 Å². The summed E-state index contributed by atoms with van der Waals surface area (Å²) >= 11 is 2.77. The number of thioether (sulfide) groups is 1. The SMILES string of the molecule is CCOC(=O)c1ccc(N2C(=O)C[C@@H](Sc3nc4ccc(OCC)cc4s3)C2=O)cc1. The second-order valence-electron chi connectivity index (χ2n) is 6.69. The molecule has 31 heavy (non-hydrogen) atoms. The number of fused-ring (bicyclic) bond motifs is 1. The van der Waals surface area contributed by atoms with E-state index in [1.54, 1.807) is 31.2 Å². The van der Waals surface area contributed by atoms with Crippen molar-refractivity contribution in [3.05, 3.63) is 48.0 Å². The molecule has 1 aliphatic rings. The van der Waals surface area contributed by atoms with Crippen molar-refractivity contribution in [2.24, 2.45) is 0 Å². The Bertz CT molecular complexity index is 1140. The summed E-state index contributed by atoms with van der Waals surface area (Å²) in [6, 6.07) is 12.0. The number of anilines is 1. The number of ether oxygens (including phenoxy) is 2. The summed E-state index contributed by atoms with van der Waals surface area (Å²) < 4.78 is 12.2. The minimum Gasteiger partial charge on any atom is -0.494 e. The van der Waals surface area contributed by atoms with E-state index >= 15 is 0 Å². The Kier molecular flexibility index (Phi) is 6.24. The van der Waals surface area contributed by atoms with Crippen molar-refractivity contribution in [1.82, 2.24) is 4.98 Å². The molecule has 9 heteroatoms. The van der Waals surface area contributed by atoms with Gasteiger partial charge in [0.25, 0.3) is 0 Å². The van der Waals surface area contributed by atoms with E-state index in [0.717, 1.165) is 20.3 Å². The molecule has 3 aromatic rings. The molecule has 0 bridgehead atoms. The van der Waals surface area contributed by atoms with Gasteiger partial charge in [-0.3, -0.25) is 9.59 Å². The summed E-state index contributed by atoms with van der Waals surface area (Å²) in [6.07, 6.45) is 0.100. The first-order valence-electron chi connectivity index (χ1n) is 9.84. The zero-order valence-electron chi connectivity index (χ0n) is 17.0. The van der Waals surface area contributed by atoms with Gasteiger partial charge in [-0.15, -0.1) is 11.3 Å². The molecule has 1 aromatic heterocycles. The van der Waals surface area contributed by atoms with Gasteiger partial charge in [0.15, 0.2) is 4.34 Å². The lowest BCUT2D eigenvalue weighted by Gasteiger charge is -2.15. The Balaban J connectivity index is 1.49. The Labute approximate surface area is 187 Å². The van der Waals surface area contributed by atoms with Gasteiger partial charge in [-0.25, -0.2) is 14.7 Å². The summed E-state index contributed by atoms with van der Waals surface area (Å²) in [5.74, 6) is -0.219. The Morgan fingerprint density at radius 2 is 1.94 bits per heavy atom. The average molecular weight is 457 g/mol. The standard InChI is InChI=1S/C22H20N2O5S2/c1-3-28-15-9-10-16-17(11-15)30-22(23-16)31-18-12-19(25)24(20(18)26)14-7-5-13(6-8-14)21(27)29-4-2/h5-11,18H,3-4,12H2,1-2H3/t18-/m1/s1. The van der Waals surface area contributed by atoms with Gasteiger partial charge in [0, 0.05) is 6.42 Å². The summed E-state index contributed by atoms with van der Waals surface area (Å²) in [5.41, 5.74) is 1.65. The van der Waals surface area contributed by atoms with Crippen LogP contribution in [0.15, 0.2) is 46.8 Å². The van der Waals surface area contributed by atoms with Gasteiger partial charge >= 0.3 is 5.97 Å². The molecule has 1 atom stereocenters. The van der Waals surface area contributed by atoms with Gasteiger partial charge in [0.05, 0.1) is 34.7 Å². The Hall–Kier alpha value is -2.91. The van der Waals surface area contributed by atoms with E-state index in [4.69, 9.17) is 9.47 Å². The lowest BCUT2D eigenvalue weighted by molar-refractivity contribution is -0.121. The first kappa shape index (κ1) is 21.3. The van der Waals surface area contributed by atoms with Crippen LogP contribution in [0.1, 0.15) is 30.6 Å². The fourth-order valence-corrected chi connectivity index (χ4v) is 5.60. The van der Waals surface area contributed by atoms with Crippen LogP contribution in [0, 0.1) is 0 Å². The molecule has 0 saturated carbocycles. The molecule has 4 rings (SSSR count). The first-order chi connectivity index (χ1) is 15.0. The maximum Gasteiger partial charge on any atom is 0.338 e. The minimum absolute atomic E-state index is 0.100. The summed E-state index contributed by atoms with van der Waals surface area (Å²) in [5, 5.41) is -0.538. The van der Waals surface area contributed by atoms with Gasteiger partial charge in [0.2, 0.25) is 11.8 Å². The molecule has 1 saturated heterocycles. The van der Waals surface area contributed by atoms with Crippen LogP contribution in [0.3, 0.4) is 0 Å². The highest BCUT2D eigenvalue weighted by Crippen LogP contribution is 2.38. The zero-order valence-corrected chi connectivity index (χ0v) is 18.6. The lowest BCUT2D eigenvalue weighted by Crippen LogP contribution is -2.31. The van der Waals surface area contributed by atoms with Crippen LogP contribution in [0.5, 0.6) is 5.75 Å². The number of hydrogen-bond acceptors (Lipinski definition) is 8. The van der Waals surface area contributed by atoms with Gasteiger partial charge in [-0.05, 0) is 56.3 Å². The van der Waals surface area contributed by atoms with Crippen molar-refractivity contribution in [3.63, 3.8) is 0 Å². The van der Waals surface area contributed by atoms with E-state index in [1.165, 1.54) is 28.0 Å².